The van der Waals surface area contributed by atoms with Crippen molar-refractivity contribution in [3.8, 4) is 5.19 Å². The second-order valence-electron chi connectivity index (χ2n) is 23.8. The first-order valence-electron chi connectivity index (χ1n) is 30.0. The highest BCUT2D eigenvalue weighted by molar-refractivity contribution is 7.14. The molecular weight excluding hydrogens is 1400 g/mol. The number of esters is 4. The molecule has 546 valence electrons. The lowest BCUT2D eigenvalue weighted by atomic mass is 10.2. The minimum Gasteiger partial charge on any atom is -0.477 e. The maximum atomic E-state index is 12.8. The van der Waals surface area contributed by atoms with Crippen LogP contribution in [0.4, 0.5) is 53.1 Å². The number of nitrogens with two attached hydrogens (primary N) is 1. The Bertz CT molecular complexity index is 4280. The standard InChI is InChI=1S/C23H27N5O7S.C17H22N4O5S.C12H14N4O3S.C11H16N2O4.ClH/c1-7-33-19(30)15-12-36-22(26-15)34-20(31)17-9-13(10-28(17)6)24-18(29)16-8-14(11-27(16)5)25-21(32)35-23(2,3)4;1-6-25-14(23)11-9-27-15(19-11)20-13(22)12-7-10(8-21(12)5)18-16(24)26-17(2,3)4;1-3-19-11(18)8-6-20-12(14-8)15-10(17)9-4-7(13)5-16(9)2;1-11(2,3)17-10(16)12-7-5-8(9(14)15)13(4)6-7;/h8-12H,7H2,1-6H3,(H,24,29)(H,25,32);7-9H,6H2,1-5H3,(H,18,24)(H,19,20,22);4-6H,3,13H2,1-2H3,(H,14,15,17);5-6H,1-4H3,(H,12,16)(H,14,15);1H. The largest absolute Gasteiger partial charge is 0.477 e. The fourth-order valence-corrected chi connectivity index (χ4v) is 9.98. The molecule has 101 heavy (non-hydrogen) atoms. The number of thiazole rings is 3. The summed E-state index contributed by atoms with van der Waals surface area (Å²) in [6.45, 7) is 21.6. The first-order valence-corrected chi connectivity index (χ1v) is 32.6. The predicted molar refractivity (Wildman–Crippen MR) is 378 cm³/mol. The summed E-state index contributed by atoms with van der Waals surface area (Å²) in [6.07, 6.45) is 5.99. The average Bonchev–Trinajstić information content (AvgIpc) is 1.69. The van der Waals surface area contributed by atoms with E-state index in [2.05, 4.69) is 46.9 Å². The second-order valence-corrected chi connectivity index (χ2v) is 26.4. The number of anilines is 7. The number of aryl methyl sites for hydroxylation is 5. The quantitative estimate of drug-likeness (QED) is 0.0292. The number of carboxylic acid groups (broad SMARTS) is 1. The number of amides is 6. The van der Waals surface area contributed by atoms with E-state index in [1.807, 2.05) is 0 Å². The van der Waals surface area contributed by atoms with Gasteiger partial charge in [0.15, 0.2) is 27.3 Å². The van der Waals surface area contributed by atoms with E-state index < -0.39 is 76.7 Å². The Labute approximate surface area is 597 Å². The Morgan fingerprint density at radius 2 is 0.733 bits per heavy atom. The fraction of sp³-hybridized carbons (Fsp3) is 0.365. The number of carboxylic acids is 1. The number of ether oxygens (including phenoxy) is 7. The molecule has 0 unspecified atom stereocenters. The highest BCUT2D eigenvalue weighted by atomic mass is 35.5. The van der Waals surface area contributed by atoms with Gasteiger partial charge in [0.2, 0.25) is 0 Å². The van der Waals surface area contributed by atoms with Crippen molar-refractivity contribution in [2.24, 2.45) is 35.2 Å². The summed E-state index contributed by atoms with van der Waals surface area (Å²) in [6, 6.07) is 7.39. The van der Waals surface area contributed by atoms with Crippen LogP contribution in [0.1, 0.15) is 167 Å². The van der Waals surface area contributed by atoms with Gasteiger partial charge in [0.1, 0.15) is 45.3 Å². The number of hydrogen-bond acceptors (Lipinski definition) is 25. The fourth-order valence-electron chi connectivity index (χ4n) is 7.99. The van der Waals surface area contributed by atoms with Crippen LogP contribution in [0.15, 0.2) is 77.5 Å². The lowest BCUT2D eigenvalue weighted by molar-refractivity contribution is 0.0510. The molecule has 9 N–H and O–H groups in total. The Balaban J connectivity index is 0.000000296. The van der Waals surface area contributed by atoms with E-state index in [0.29, 0.717) is 45.0 Å². The van der Waals surface area contributed by atoms with Gasteiger partial charge in [-0.25, -0.2) is 48.3 Å². The van der Waals surface area contributed by atoms with Gasteiger partial charge in [0.05, 0.1) is 48.3 Å². The maximum Gasteiger partial charge on any atom is 0.412 e. The highest BCUT2D eigenvalue weighted by Crippen LogP contribution is 2.25. The summed E-state index contributed by atoms with van der Waals surface area (Å²) >= 11 is 3.25. The molecule has 6 amide bonds. The Kier molecular flexibility index (Phi) is 29.5. The van der Waals surface area contributed by atoms with Crippen molar-refractivity contribution in [2.75, 3.05) is 57.5 Å². The van der Waals surface area contributed by atoms with Crippen molar-refractivity contribution >= 4 is 151 Å². The highest BCUT2D eigenvalue weighted by Gasteiger charge is 2.25. The van der Waals surface area contributed by atoms with Gasteiger partial charge in [-0.1, -0.05) is 11.3 Å². The molecule has 0 atom stereocenters. The lowest BCUT2D eigenvalue weighted by Crippen LogP contribution is -2.27. The number of nitrogen functional groups attached to an aromatic ring is 1. The van der Waals surface area contributed by atoms with Gasteiger partial charge < -0.3 is 72.2 Å². The van der Waals surface area contributed by atoms with Crippen LogP contribution in [0, 0.1) is 0 Å². The van der Waals surface area contributed by atoms with Crippen LogP contribution in [0.2, 0.25) is 0 Å². The zero-order valence-corrected chi connectivity index (χ0v) is 61.5. The summed E-state index contributed by atoms with van der Waals surface area (Å²) in [5.41, 5.74) is 7.38. The first kappa shape index (κ1) is 82.4. The number of hydrogen-bond donors (Lipinski definition) is 8. The average molecular weight is 1480 g/mol. The summed E-state index contributed by atoms with van der Waals surface area (Å²) in [7, 11) is 8.24. The van der Waals surface area contributed by atoms with E-state index >= 15 is 0 Å². The SMILES string of the molecule is CCOC(=O)c1csc(NC(=O)c2cc(N)cn2C)n1.CCOC(=O)c1csc(NC(=O)c2cc(NC(=O)OC(C)(C)C)cn2C)n1.CCOC(=O)c1csc(OC(=O)c2cc(NC(=O)c3cc(NC(=O)OC(C)(C)C)cn3C)cn2C)n1.Cl.Cn1cc(NC(=O)OC(C)(C)C)cc1C(=O)O. The molecule has 0 radical (unpaired) electrons. The number of carbonyl (C=O) groups excluding carboxylic acids is 10. The Hall–Kier alpha value is -11.1. The molecule has 8 rings (SSSR count). The van der Waals surface area contributed by atoms with Gasteiger partial charge in [-0.2, -0.15) is 4.98 Å². The van der Waals surface area contributed by atoms with Crippen molar-refractivity contribution < 1.29 is 91.0 Å². The summed E-state index contributed by atoms with van der Waals surface area (Å²) < 4.78 is 42.9. The van der Waals surface area contributed by atoms with Crippen LogP contribution >= 0.6 is 46.4 Å². The summed E-state index contributed by atoms with van der Waals surface area (Å²) in [5.74, 6) is -4.66. The monoisotopic (exact) mass is 1480 g/mol. The van der Waals surface area contributed by atoms with Gasteiger partial charge in [-0.05, 0) is 113 Å². The molecule has 0 fully saturated rings. The van der Waals surface area contributed by atoms with Crippen LogP contribution in [0.3, 0.4) is 0 Å². The van der Waals surface area contributed by atoms with E-state index in [1.165, 1.54) is 55.7 Å². The van der Waals surface area contributed by atoms with Crippen LogP contribution in [0.25, 0.3) is 0 Å². The van der Waals surface area contributed by atoms with Gasteiger partial charge in [0, 0.05) is 82.4 Å². The number of halogens is 1. The molecule has 0 aliphatic rings. The van der Waals surface area contributed by atoms with Gasteiger partial charge in [0.25, 0.3) is 22.9 Å². The number of nitrogens with one attached hydrogen (secondary N) is 6. The molecule has 0 spiro atoms. The Morgan fingerprint density at radius 1 is 0.426 bits per heavy atom. The third kappa shape index (κ3) is 26.3. The van der Waals surface area contributed by atoms with E-state index in [1.54, 1.807) is 163 Å². The van der Waals surface area contributed by atoms with Gasteiger partial charge >= 0.3 is 48.1 Å². The molecule has 8 aromatic rings. The maximum absolute atomic E-state index is 12.8. The number of nitrogens with zero attached hydrogens (tertiary/aromatic N) is 8. The van der Waals surface area contributed by atoms with Crippen molar-refractivity contribution in [3.05, 3.63) is 123 Å². The molecule has 0 aromatic carbocycles. The normalized spacial score (nSPS) is 10.8. The van der Waals surface area contributed by atoms with Crippen LogP contribution in [0.5, 0.6) is 5.19 Å². The minimum atomic E-state index is -1.05. The van der Waals surface area contributed by atoms with Gasteiger partial charge in [-0.15, -0.1) is 35.1 Å². The van der Waals surface area contributed by atoms with Gasteiger partial charge in [-0.3, -0.25) is 41.0 Å². The molecule has 0 bridgehead atoms. The molecule has 8 heterocycles. The van der Waals surface area contributed by atoms with E-state index in [0.717, 1.165) is 34.0 Å². The van der Waals surface area contributed by atoms with E-state index in [4.69, 9.17) is 44.0 Å². The number of carbonyl (C=O) groups is 11. The minimum absolute atomic E-state index is 0. The second kappa shape index (κ2) is 36.2. The zero-order chi connectivity index (χ0) is 74.7. The number of rotatable bonds is 18. The van der Waals surface area contributed by atoms with Crippen molar-refractivity contribution in [3.63, 3.8) is 0 Å². The molecule has 38 heteroatoms. The third-order valence-electron chi connectivity index (χ3n) is 11.9. The molecule has 0 aliphatic heterocycles. The molecule has 34 nitrogen and oxygen atoms in total. The predicted octanol–water partition coefficient (Wildman–Crippen LogP) is 11.1. The van der Waals surface area contributed by atoms with E-state index in [-0.39, 0.29) is 82.6 Å². The van der Waals surface area contributed by atoms with Crippen molar-refractivity contribution in [1.82, 2.24) is 37.8 Å². The number of aromatic carboxylic acids is 1. The van der Waals surface area contributed by atoms with Crippen LogP contribution < -0.4 is 42.4 Å². The lowest BCUT2D eigenvalue weighted by Gasteiger charge is -2.19. The Morgan fingerprint density at radius 3 is 1.08 bits per heavy atom. The first-order chi connectivity index (χ1) is 46.6. The van der Waals surface area contributed by atoms with E-state index in [9.17, 15) is 52.7 Å². The molecular formula is C63H80ClN15O19S3. The zero-order valence-electron chi connectivity index (χ0n) is 58.2. The van der Waals surface area contributed by atoms with Crippen molar-refractivity contribution in [2.45, 2.75) is 99.9 Å². The van der Waals surface area contributed by atoms with Crippen molar-refractivity contribution in [1.29, 1.82) is 0 Å². The van der Waals surface area contributed by atoms with Crippen LogP contribution in [-0.4, -0.2) is 145 Å². The third-order valence-corrected chi connectivity index (χ3v) is 14.2. The van der Waals surface area contributed by atoms with Crippen LogP contribution in [-0.2, 0) is 63.7 Å². The summed E-state index contributed by atoms with van der Waals surface area (Å²) in [4.78, 5) is 143. The smallest absolute Gasteiger partial charge is 0.412 e. The molecule has 8 aromatic heterocycles. The molecule has 0 saturated carbocycles. The summed E-state index contributed by atoms with van der Waals surface area (Å²) in [5, 5.41) is 29.5. The topological polar surface area (TPSA) is 434 Å². The number of aromatic nitrogens is 8. The molecule has 0 aliphatic carbocycles. The molecule has 0 saturated heterocycles.